The Balaban J connectivity index is 1.26. The van der Waals surface area contributed by atoms with Crippen LogP contribution in [0.5, 0.6) is 0 Å². The summed E-state index contributed by atoms with van der Waals surface area (Å²) in [5, 5.41) is 36.6. The highest BCUT2D eigenvalue weighted by molar-refractivity contribution is 7.53. The summed E-state index contributed by atoms with van der Waals surface area (Å²) < 4.78 is 48.9. The number of rotatable bonds is 9. The number of nitrogens with one attached hydrogen (secondary N) is 1. The van der Waals surface area contributed by atoms with Gasteiger partial charge in [0.15, 0.2) is 23.2 Å². The summed E-state index contributed by atoms with van der Waals surface area (Å²) >= 11 is 0. The van der Waals surface area contributed by atoms with Crippen LogP contribution in [-0.2, 0) is 27.7 Å². The van der Waals surface area contributed by atoms with Gasteiger partial charge >= 0.3 is 15.9 Å². The van der Waals surface area contributed by atoms with Crippen LogP contribution in [0.2, 0.25) is 0 Å². The first-order chi connectivity index (χ1) is 20.9. The summed E-state index contributed by atoms with van der Waals surface area (Å²) in [7, 11) is -8.44. The third-order valence-electron chi connectivity index (χ3n) is 7.40. The number of hydrogen-bond acceptors (Lipinski definition) is 16. The van der Waals surface area contributed by atoms with Crippen LogP contribution in [-0.4, -0.2) is 109 Å². The molecule has 0 saturated carbocycles. The number of fused-ring (bicyclic) bond motifs is 2. The maximum atomic E-state index is 13.7. The first-order valence-corrected chi connectivity index (χ1v) is 15.8. The van der Waals surface area contributed by atoms with Crippen LogP contribution >= 0.6 is 15.9 Å². The van der Waals surface area contributed by atoms with E-state index in [1.807, 2.05) is 0 Å². The minimum absolute atomic E-state index is 0.157. The molecule has 238 valence electrons. The first kappa shape index (κ1) is 30.7. The summed E-state index contributed by atoms with van der Waals surface area (Å²) in [5.41, 5.74) is 9.38. The number of aromatic amines is 1. The Morgan fingerprint density at radius 3 is 2.59 bits per heavy atom. The van der Waals surface area contributed by atoms with E-state index in [4.69, 9.17) is 34.9 Å². The van der Waals surface area contributed by atoms with E-state index in [9.17, 15) is 34.1 Å². The largest absolute Gasteiger partial charge is 0.389 e. The summed E-state index contributed by atoms with van der Waals surface area (Å²) in [5.74, 6) is -0.137. The number of H-pyrrole nitrogens is 1. The summed E-state index contributed by atoms with van der Waals surface area (Å²) in [6, 6.07) is 3.15. The van der Waals surface area contributed by atoms with Crippen molar-refractivity contribution < 1.29 is 52.8 Å². The molecule has 2 aliphatic heterocycles. The highest BCUT2D eigenvalue weighted by Gasteiger charge is 2.56. The molecule has 23 heteroatoms. The van der Waals surface area contributed by atoms with E-state index >= 15 is 0 Å². The molecule has 6 rings (SSSR count). The molecule has 0 radical (unpaired) electrons. The quantitative estimate of drug-likeness (QED) is 0.0855. The van der Waals surface area contributed by atoms with Gasteiger partial charge in [-0.05, 0) is 12.1 Å². The molecule has 0 spiro atoms. The van der Waals surface area contributed by atoms with E-state index in [0.717, 1.165) is 10.9 Å². The highest BCUT2D eigenvalue weighted by Crippen LogP contribution is 2.57. The zero-order valence-corrected chi connectivity index (χ0v) is 24.1. The second-order valence-electron chi connectivity index (χ2n) is 10.0. The van der Waals surface area contributed by atoms with Crippen LogP contribution in [0.4, 0.5) is 11.8 Å². The number of aromatic nitrogens is 7. The first-order valence-electron chi connectivity index (χ1n) is 12.9. The predicted octanol–water partition coefficient (Wildman–Crippen LogP) is -2.58. The average Bonchev–Trinajstić information content (AvgIpc) is 3.72. The van der Waals surface area contributed by atoms with Crippen LogP contribution in [0.1, 0.15) is 18.0 Å². The van der Waals surface area contributed by atoms with E-state index in [2.05, 4.69) is 25.0 Å². The molecule has 2 unspecified atom stereocenters. The highest BCUT2D eigenvalue weighted by atomic mass is 31.2. The third-order valence-corrected chi connectivity index (χ3v) is 9.65. The van der Waals surface area contributed by atoms with Crippen LogP contribution in [0, 0.1) is 0 Å². The van der Waals surface area contributed by atoms with Crippen LogP contribution in [0.15, 0.2) is 29.6 Å². The lowest BCUT2D eigenvalue weighted by atomic mass is 10.1. The number of ether oxygens (including phenoxy) is 2. The van der Waals surface area contributed by atoms with E-state index in [1.54, 1.807) is 12.1 Å². The van der Waals surface area contributed by atoms with Gasteiger partial charge in [-0.25, -0.2) is 14.5 Å². The Morgan fingerprint density at radius 1 is 1.09 bits per heavy atom. The summed E-state index contributed by atoms with van der Waals surface area (Å²) in [4.78, 5) is 46.6. The van der Waals surface area contributed by atoms with Gasteiger partial charge in [0, 0.05) is 0 Å². The summed E-state index contributed by atoms with van der Waals surface area (Å²) in [6.07, 6.45) is -8.09. The standard InChI is InChI=1S/C21H27N9O12P2/c22-17-8-2-1-7(30(8)26-5-24-17)15-14(33)12(31)10(41-15)4-40-44(37,38)16-13(32)9(3-39-43(35)36)42-20(16)29-6-25-11-18(29)27-21(23)28-19(11)34/h1-2,5-6,9-10,12-16,20,31-33,43H,3-4H2,(H,35,36)(H,37,38)(H2,22,24,26)(H3,23,27,28,34)/t9-,10-,12-,13-,14-,15+,16-,20-/m1/s1. The van der Waals surface area contributed by atoms with E-state index < -0.39 is 83.1 Å². The Hall–Kier alpha value is -3.33. The van der Waals surface area contributed by atoms with Crippen molar-refractivity contribution in [2.75, 3.05) is 24.7 Å². The lowest BCUT2D eigenvalue weighted by Gasteiger charge is -2.27. The van der Waals surface area contributed by atoms with Gasteiger partial charge in [0.05, 0.1) is 25.2 Å². The lowest BCUT2D eigenvalue weighted by molar-refractivity contribution is -0.0388. The monoisotopic (exact) mass is 659 g/mol. The summed E-state index contributed by atoms with van der Waals surface area (Å²) in [6.45, 7) is -1.39. The topological polar surface area (TPSA) is 318 Å². The van der Waals surface area contributed by atoms with E-state index in [1.165, 1.54) is 10.8 Å². The fourth-order valence-electron chi connectivity index (χ4n) is 5.32. The maximum absolute atomic E-state index is 13.7. The van der Waals surface area contributed by atoms with Gasteiger partial charge in [0.2, 0.25) is 5.95 Å². The van der Waals surface area contributed by atoms with Crippen LogP contribution in [0.3, 0.4) is 0 Å². The van der Waals surface area contributed by atoms with E-state index in [0.29, 0.717) is 11.2 Å². The number of imidazole rings is 1. The second kappa shape index (κ2) is 11.5. The fraction of sp³-hybridized carbons (Fsp3) is 0.476. The molecule has 44 heavy (non-hydrogen) atoms. The SMILES string of the molecule is Nc1nc2c(ncn2[C@@H]2O[C@H](CO[PH](=O)O)[C@@H](O)[C@H]2P(=O)(O)OC[C@H]2O[C@@H](c3ccc4c(N)ncnn34)[C@H](O)[C@@H]2O)c(=O)[nH]1. The lowest BCUT2D eigenvalue weighted by Crippen LogP contribution is -2.36. The number of aliphatic hydroxyl groups is 3. The molecule has 21 nitrogen and oxygen atoms in total. The number of hydrogen-bond donors (Lipinski definition) is 8. The molecule has 0 aromatic carbocycles. The molecular formula is C21H27N9O12P2. The smallest absolute Gasteiger partial charge is 0.338 e. The van der Waals surface area contributed by atoms with Crippen LogP contribution in [0.25, 0.3) is 16.7 Å². The molecule has 6 heterocycles. The van der Waals surface area contributed by atoms with E-state index in [-0.39, 0.29) is 22.9 Å². The van der Waals surface area contributed by atoms with Crippen molar-refractivity contribution in [2.45, 2.75) is 48.5 Å². The van der Waals surface area contributed by atoms with Gasteiger partial charge in [-0.2, -0.15) is 10.1 Å². The van der Waals surface area contributed by atoms with Crippen molar-refractivity contribution in [2.24, 2.45) is 0 Å². The van der Waals surface area contributed by atoms with Crippen LogP contribution < -0.4 is 17.0 Å². The molecule has 2 saturated heterocycles. The second-order valence-corrected chi connectivity index (χ2v) is 12.8. The van der Waals surface area contributed by atoms with Gasteiger partial charge in [0.25, 0.3) is 5.56 Å². The number of aliphatic hydroxyl groups excluding tert-OH is 3. The molecule has 2 fully saturated rings. The Morgan fingerprint density at radius 2 is 1.84 bits per heavy atom. The normalized spacial score (nSPS) is 31.1. The number of anilines is 2. The van der Waals surface area contributed by atoms with Gasteiger partial charge < -0.3 is 55.1 Å². The van der Waals surface area contributed by atoms with Gasteiger partial charge in [-0.1, -0.05) is 0 Å². The average molecular weight is 659 g/mol. The minimum atomic E-state index is -4.98. The number of nitrogens with zero attached hydrogens (tertiary/aromatic N) is 6. The van der Waals surface area contributed by atoms with Crippen molar-refractivity contribution in [3.05, 3.63) is 40.8 Å². The van der Waals surface area contributed by atoms with Crippen molar-refractivity contribution in [1.82, 2.24) is 34.1 Å². The van der Waals surface area contributed by atoms with Gasteiger partial charge in [-0.15, -0.1) is 0 Å². The Kier molecular flexibility index (Phi) is 8.05. The van der Waals surface area contributed by atoms with Crippen molar-refractivity contribution in [3.8, 4) is 0 Å². The predicted molar refractivity (Wildman–Crippen MR) is 146 cm³/mol. The third kappa shape index (κ3) is 5.31. The molecule has 0 amide bonds. The van der Waals surface area contributed by atoms with Gasteiger partial charge in [0.1, 0.15) is 54.1 Å². The molecule has 0 aliphatic carbocycles. The fourth-order valence-corrected chi connectivity index (χ4v) is 7.27. The Labute approximate surface area is 245 Å². The molecule has 4 aromatic rings. The zero-order valence-electron chi connectivity index (χ0n) is 22.2. The number of nitrogens with two attached hydrogens (primary N) is 2. The minimum Gasteiger partial charge on any atom is -0.389 e. The van der Waals surface area contributed by atoms with Crippen molar-refractivity contribution in [1.29, 1.82) is 0 Å². The molecule has 0 bridgehead atoms. The molecule has 10 atom stereocenters. The molecule has 4 aromatic heterocycles. The van der Waals surface area contributed by atoms with Crippen molar-refractivity contribution in [3.63, 3.8) is 0 Å². The zero-order chi connectivity index (χ0) is 31.5. The maximum Gasteiger partial charge on any atom is 0.338 e. The molecular weight excluding hydrogens is 632 g/mol. The number of nitrogen functional groups attached to an aromatic ring is 2. The molecule has 2 aliphatic rings. The van der Waals surface area contributed by atoms with Gasteiger partial charge in [-0.3, -0.25) is 23.5 Å². The molecule has 10 N–H and O–H groups in total. The Bertz CT molecular complexity index is 1830. The van der Waals surface area contributed by atoms with Crippen molar-refractivity contribution >= 4 is 44.3 Å².